The zero-order valence-electron chi connectivity index (χ0n) is 17.9. The molecule has 0 heterocycles. The summed E-state index contributed by atoms with van der Waals surface area (Å²) in [6.45, 7) is 0.280. The van der Waals surface area contributed by atoms with Gasteiger partial charge in [-0.3, -0.25) is 4.79 Å². The molecule has 0 unspecified atom stereocenters. The van der Waals surface area contributed by atoms with Crippen LogP contribution in [0, 0.1) is 5.92 Å². The lowest BCUT2D eigenvalue weighted by Gasteiger charge is -2.29. The third-order valence-electron chi connectivity index (χ3n) is 5.56. The number of nitrogens with one attached hydrogen (secondary N) is 1. The molecule has 1 aliphatic carbocycles. The van der Waals surface area contributed by atoms with E-state index in [1.165, 1.54) is 0 Å². The topological polar surface area (TPSA) is 67.8 Å². The Labute approximate surface area is 206 Å². The van der Waals surface area contributed by atoms with Crippen molar-refractivity contribution in [3.63, 3.8) is 0 Å². The lowest BCUT2D eigenvalue weighted by Crippen LogP contribution is -2.40. The summed E-state index contributed by atoms with van der Waals surface area (Å²) in [7, 11) is 0. The normalized spacial score (nSPS) is 18.8. The minimum absolute atomic E-state index is 0. The number of hydrogen-bond acceptors (Lipinski definition) is 4. The Morgan fingerprint density at radius 3 is 2.03 bits per heavy atom. The van der Waals surface area contributed by atoms with E-state index in [9.17, 15) is 9.90 Å². The molecule has 1 atom stereocenters. The lowest BCUT2D eigenvalue weighted by atomic mass is 9.83. The highest BCUT2D eigenvalue weighted by molar-refractivity contribution is 7.59. The average molecular weight is 500 g/mol. The number of aliphatic hydroxyl groups is 1. The summed E-state index contributed by atoms with van der Waals surface area (Å²) in [4.78, 5) is 12.1. The molecule has 1 aliphatic rings. The third kappa shape index (κ3) is 9.49. The van der Waals surface area contributed by atoms with Gasteiger partial charge in [0.05, 0.1) is 6.10 Å². The van der Waals surface area contributed by atoms with Crippen molar-refractivity contribution in [3.05, 3.63) is 58.6 Å². The fourth-order valence-electron chi connectivity index (χ4n) is 3.78. The number of rotatable bonds is 10. The highest BCUT2D eigenvalue weighted by Gasteiger charge is 2.23. The van der Waals surface area contributed by atoms with Crippen LogP contribution < -0.4 is 14.8 Å². The number of halogens is 2. The molecule has 1 saturated carbocycles. The molecule has 1 fully saturated rings. The summed E-state index contributed by atoms with van der Waals surface area (Å²) >= 11 is 11.7. The first kappa shape index (κ1) is 26.7. The van der Waals surface area contributed by atoms with Crippen molar-refractivity contribution < 1.29 is 19.4 Å². The third-order valence-corrected chi connectivity index (χ3v) is 6.06. The van der Waals surface area contributed by atoms with Crippen LogP contribution >= 0.6 is 36.7 Å². The second kappa shape index (κ2) is 13.8. The van der Waals surface area contributed by atoms with E-state index in [1.807, 2.05) is 0 Å². The summed E-state index contributed by atoms with van der Waals surface area (Å²) in [5.74, 6) is 1.80. The van der Waals surface area contributed by atoms with Crippen LogP contribution in [0.5, 0.6) is 11.5 Å². The van der Waals surface area contributed by atoms with Crippen molar-refractivity contribution in [2.75, 3.05) is 13.2 Å². The second-order valence-electron chi connectivity index (χ2n) is 8.02. The van der Waals surface area contributed by atoms with Gasteiger partial charge in [0.1, 0.15) is 18.1 Å². The van der Waals surface area contributed by atoms with Gasteiger partial charge in [-0.25, -0.2) is 0 Å². The van der Waals surface area contributed by atoms with Crippen LogP contribution in [0.1, 0.15) is 38.5 Å². The highest BCUT2D eigenvalue weighted by Crippen LogP contribution is 2.28. The molecule has 8 heteroatoms. The van der Waals surface area contributed by atoms with E-state index in [0.29, 0.717) is 33.9 Å². The first-order chi connectivity index (χ1) is 15.0. The van der Waals surface area contributed by atoms with Crippen LogP contribution in [0.3, 0.4) is 0 Å². The molecule has 2 aromatic rings. The molecule has 3 rings (SSSR count). The van der Waals surface area contributed by atoms with Gasteiger partial charge in [-0.15, -0.1) is 0 Å². The zero-order valence-corrected chi connectivity index (χ0v) is 20.4. The van der Waals surface area contributed by atoms with E-state index in [2.05, 4.69) is 5.32 Å². The second-order valence-corrected chi connectivity index (χ2v) is 8.90. The van der Waals surface area contributed by atoms with Gasteiger partial charge in [-0.05, 0) is 93.0 Å². The maximum absolute atomic E-state index is 12.1. The van der Waals surface area contributed by atoms with Crippen molar-refractivity contribution in [2.45, 2.75) is 50.7 Å². The van der Waals surface area contributed by atoms with Gasteiger partial charge < -0.3 is 19.9 Å². The Bertz CT molecular complexity index is 812. The Balaban J connectivity index is 0.00000363. The van der Waals surface area contributed by atoms with E-state index < -0.39 is 6.10 Å². The fourth-order valence-corrected chi connectivity index (χ4v) is 4.03. The molecule has 1 amide bonds. The van der Waals surface area contributed by atoms with Crippen LogP contribution in [-0.2, 0) is 4.79 Å². The zero-order chi connectivity index (χ0) is 22.1. The molecule has 0 aromatic heterocycles. The summed E-state index contributed by atoms with van der Waals surface area (Å²) in [5.41, 5.74) is 0. The number of aliphatic hydroxyl groups excluding tert-OH is 1. The summed E-state index contributed by atoms with van der Waals surface area (Å²) < 4.78 is 11.1. The van der Waals surface area contributed by atoms with Gasteiger partial charge >= 0.3 is 0 Å². The largest absolute Gasteiger partial charge is 0.491 e. The summed E-state index contributed by atoms with van der Waals surface area (Å²) in [6, 6.07) is 14.3. The van der Waals surface area contributed by atoms with Gasteiger partial charge in [0.15, 0.2) is 6.61 Å². The van der Waals surface area contributed by atoms with Crippen molar-refractivity contribution in [1.29, 1.82) is 0 Å². The molecule has 176 valence electrons. The SMILES string of the molecule is O=C(COc1ccc(Cl)cc1)NC1CCC(CC[C@H](O)COc2ccc(Cl)cc2)CC1.S. The van der Waals surface area contributed by atoms with Crippen LogP contribution in [-0.4, -0.2) is 36.4 Å². The summed E-state index contributed by atoms with van der Waals surface area (Å²) in [6.07, 6.45) is 5.19. The van der Waals surface area contributed by atoms with Crippen LogP contribution in [0.25, 0.3) is 0 Å². The Morgan fingerprint density at radius 2 is 1.47 bits per heavy atom. The van der Waals surface area contributed by atoms with Gasteiger partial charge in [-0.1, -0.05) is 23.2 Å². The average Bonchev–Trinajstić information content (AvgIpc) is 2.78. The fraction of sp³-hybridized carbons (Fsp3) is 0.458. The van der Waals surface area contributed by atoms with Gasteiger partial charge in [0, 0.05) is 16.1 Å². The van der Waals surface area contributed by atoms with Gasteiger partial charge in [-0.2, -0.15) is 13.5 Å². The number of hydrogen-bond donors (Lipinski definition) is 2. The van der Waals surface area contributed by atoms with Crippen LogP contribution in [0.4, 0.5) is 0 Å². The lowest BCUT2D eigenvalue weighted by molar-refractivity contribution is -0.124. The molecule has 5 nitrogen and oxygen atoms in total. The molecular weight excluding hydrogens is 469 g/mol. The van der Waals surface area contributed by atoms with Crippen molar-refractivity contribution in [1.82, 2.24) is 5.32 Å². The molecule has 0 spiro atoms. The number of ether oxygens (including phenoxy) is 2. The molecule has 2 N–H and O–H groups in total. The van der Waals surface area contributed by atoms with Crippen LogP contribution in [0.15, 0.2) is 48.5 Å². The maximum Gasteiger partial charge on any atom is 0.258 e. The Kier molecular flexibility index (Phi) is 11.5. The molecule has 0 aliphatic heterocycles. The van der Waals surface area contributed by atoms with E-state index in [4.69, 9.17) is 32.7 Å². The molecule has 2 aromatic carbocycles. The molecule has 0 bridgehead atoms. The maximum atomic E-state index is 12.1. The van der Waals surface area contributed by atoms with E-state index in [1.54, 1.807) is 48.5 Å². The number of benzene rings is 2. The minimum Gasteiger partial charge on any atom is -0.491 e. The number of carbonyl (C=O) groups is 1. The van der Waals surface area contributed by atoms with E-state index in [-0.39, 0.29) is 38.7 Å². The van der Waals surface area contributed by atoms with Crippen molar-refractivity contribution in [2.24, 2.45) is 5.92 Å². The number of amides is 1. The first-order valence-corrected chi connectivity index (χ1v) is 11.5. The molecule has 32 heavy (non-hydrogen) atoms. The predicted molar refractivity (Wildman–Crippen MR) is 133 cm³/mol. The van der Waals surface area contributed by atoms with E-state index in [0.717, 1.165) is 32.1 Å². The van der Waals surface area contributed by atoms with E-state index >= 15 is 0 Å². The highest BCUT2D eigenvalue weighted by atomic mass is 35.5. The predicted octanol–water partition coefficient (Wildman–Crippen LogP) is 5.38. The first-order valence-electron chi connectivity index (χ1n) is 10.7. The van der Waals surface area contributed by atoms with Gasteiger partial charge in [0.25, 0.3) is 5.91 Å². The van der Waals surface area contributed by atoms with Crippen molar-refractivity contribution >= 4 is 42.6 Å². The molecular formula is C24H31Cl2NO4S. The Morgan fingerprint density at radius 1 is 0.938 bits per heavy atom. The Hall–Kier alpha value is -1.60. The quantitative estimate of drug-likeness (QED) is 0.460. The monoisotopic (exact) mass is 499 g/mol. The molecule has 0 saturated heterocycles. The number of carbonyl (C=O) groups excluding carboxylic acids is 1. The van der Waals surface area contributed by atoms with Crippen molar-refractivity contribution in [3.8, 4) is 11.5 Å². The van der Waals surface area contributed by atoms with Gasteiger partial charge in [0.2, 0.25) is 0 Å². The van der Waals surface area contributed by atoms with Crippen LogP contribution in [0.2, 0.25) is 10.0 Å². The standard InChI is InChI=1S/C24H29Cl2NO4.H2S/c25-18-4-11-22(12-5-18)30-15-21(28)10-3-17-1-8-20(9-2-17)27-24(29)16-31-23-13-6-19(26)7-14-23;/h4-7,11-14,17,20-21,28H,1-3,8-10,15-16H2,(H,27,29);1H2/t17?,20?,21-;/m0./s1. The minimum atomic E-state index is -0.488. The summed E-state index contributed by atoms with van der Waals surface area (Å²) in [5, 5.41) is 14.6. The smallest absolute Gasteiger partial charge is 0.258 e. The molecule has 0 radical (unpaired) electrons.